The molecule has 166 valence electrons. The van der Waals surface area contributed by atoms with Gasteiger partial charge < -0.3 is 19.9 Å². The van der Waals surface area contributed by atoms with E-state index < -0.39 is 5.97 Å². The third kappa shape index (κ3) is 4.94. The molecule has 1 unspecified atom stereocenters. The summed E-state index contributed by atoms with van der Waals surface area (Å²) >= 11 is 5.84. The lowest BCUT2D eigenvalue weighted by Crippen LogP contribution is -2.21. The second kappa shape index (κ2) is 9.68. The monoisotopic (exact) mass is 460 g/mol. The van der Waals surface area contributed by atoms with Gasteiger partial charge in [0.05, 0.1) is 5.92 Å². The summed E-state index contributed by atoms with van der Waals surface area (Å²) in [5, 5.41) is 10.3. The van der Waals surface area contributed by atoms with E-state index in [0.717, 1.165) is 17.5 Å². The lowest BCUT2D eigenvalue weighted by molar-refractivity contribution is -0.136. The number of halogens is 1. The maximum atomic E-state index is 12.2. The number of hydrogen-bond acceptors (Lipinski definition) is 6. The number of benzene rings is 3. The van der Waals surface area contributed by atoms with Crippen LogP contribution in [-0.2, 0) is 11.2 Å². The predicted molar refractivity (Wildman–Crippen MR) is 124 cm³/mol. The summed E-state index contributed by atoms with van der Waals surface area (Å²) in [6, 6.07) is 21.9. The number of fused-ring (bicyclic) bond motifs is 1. The van der Waals surface area contributed by atoms with Gasteiger partial charge in [0, 0.05) is 16.7 Å². The fourth-order valence-corrected chi connectivity index (χ4v) is 3.75. The zero-order valence-electron chi connectivity index (χ0n) is 17.9. The molecule has 2 N–H and O–H groups in total. The SMILES string of the molecule is CCc1ccc(C2C(C#N)=C(N)Oc3cc(OC(=O)COc4ccc(Cl)cc4)ccc32)cc1. The van der Waals surface area contributed by atoms with Crippen molar-refractivity contribution in [3.63, 3.8) is 0 Å². The first-order chi connectivity index (χ1) is 16.0. The molecular formula is C26H21ClN2O4. The largest absolute Gasteiger partial charge is 0.482 e. The summed E-state index contributed by atoms with van der Waals surface area (Å²) in [5.74, 6) is 0.302. The molecule has 0 saturated carbocycles. The van der Waals surface area contributed by atoms with Crippen molar-refractivity contribution in [1.29, 1.82) is 5.26 Å². The molecule has 3 aromatic rings. The van der Waals surface area contributed by atoms with E-state index in [1.54, 1.807) is 42.5 Å². The van der Waals surface area contributed by atoms with Gasteiger partial charge in [0.15, 0.2) is 6.61 Å². The Morgan fingerprint density at radius 2 is 1.79 bits per heavy atom. The first kappa shape index (κ1) is 22.3. The summed E-state index contributed by atoms with van der Waals surface area (Å²) in [4.78, 5) is 12.2. The Kier molecular flexibility index (Phi) is 6.53. The van der Waals surface area contributed by atoms with Crippen LogP contribution in [0, 0.1) is 11.3 Å². The van der Waals surface area contributed by atoms with Gasteiger partial charge >= 0.3 is 5.97 Å². The maximum Gasteiger partial charge on any atom is 0.349 e. The summed E-state index contributed by atoms with van der Waals surface area (Å²) in [5.41, 5.74) is 9.29. The van der Waals surface area contributed by atoms with Crippen LogP contribution in [0.3, 0.4) is 0 Å². The third-order valence-corrected chi connectivity index (χ3v) is 5.57. The van der Waals surface area contributed by atoms with Crippen LogP contribution in [0.5, 0.6) is 17.2 Å². The minimum Gasteiger partial charge on any atom is -0.482 e. The Balaban J connectivity index is 1.53. The number of esters is 1. The quantitative estimate of drug-likeness (QED) is 0.406. The van der Waals surface area contributed by atoms with E-state index in [1.165, 1.54) is 5.56 Å². The van der Waals surface area contributed by atoms with Gasteiger partial charge in [-0.25, -0.2) is 4.79 Å². The number of carbonyl (C=O) groups excluding carboxylic acids is 1. The van der Waals surface area contributed by atoms with Crippen LogP contribution in [0.15, 0.2) is 78.2 Å². The minimum atomic E-state index is -0.575. The van der Waals surface area contributed by atoms with Crippen molar-refractivity contribution in [1.82, 2.24) is 0 Å². The van der Waals surface area contributed by atoms with Gasteiger partial charge in [-0.2, -0.15) is 5.26 Å². The van der Waals surface area contributed by atoms with Gasteiger partial charge in [-0.05, 0) is 47.9 Å². The van der Waals surface area contributed by atoms with Crippen molar-refractivity contribution in [2.24, 2.45) is 5.73 Å². The Morgan fingerprint density at radius 3 is 2.45 bits per heavy atom. The standard InChI is InChI=1S/C26H21ClN2O4/c1-2-16-3-5-17(6-4-16)25-21-12-11-20(13-23(21)33-26(29)22(25)14-28)32-24(30)15-31-19-9-7-18(27)8-10-19/h3-13,25H,2,15,29H2,1H3. The molecule has 0 saturated heterocycles. The molecule has 6 nitrogen and oxygen atoms in total. The molecule has 1 aliphatic rings. The van der Waals surface area contributed by atoms with Crippen molar-refractivity contribution < 1.29 is 19.0 Å². The van der Waals surface area contributed by atoms with Crippen LogP contribution in [-0.4, -0.2) is 12.6 Å². The molecule has 0 amide bonds. The first-order valence-electron chi connectivity index (χ1n) is 10.4. The second-order valence-corrected chi connectivity index (χ2v) is 7.87. The average molecular weight is 461 g/mol. The molecule has 4 rings (SSSR count). The highest BCUT2D eigenvalue weighted by molar-refractivity contribution is 6.30. The van der Waals surface area contributed by atoms with E-state index in [0.29, 0.717) is 22.1 Å². The molecule has 0 bridgehead atoms. The van der Waals surface area contributed by atoms with Gasteiger partial charge in [0.25, 0.3) is 0 Å². The van der Waals surface area contributed by atoms with Crippen LogP contribution in [0.2, 0.25) is 5.02 Å². The second-order valence-electron chi connectivity index (χ2n) is 7.44. The molecular weight excluding hydrogens is 440 g/mol. The van der Waals surface area contributed by atoms with E-state index in [9.17, 15) is 10.1 Å². The highest BCUT2D eigenvalue weighted by atomic mass is 35.5. The van der Waals surface area contributed by atoms with Crippen molar-refractivity contribution in [2.45, 2.75) is 19.3 Å². The number of carbonyl (C=O) groups is 1. The number of nitriles is 1. The minimum absolute atomic E-state index is 0.0316. The lowest BCUT2D eigenvalue weighted by atomic mass is 9.83. The van der Waals surface area contributed by atoms with Crippen molar-refractivity contribution >= 4 is 17.6 Å². The smallest absolute Gasteiger partial charge is 0.349 e. The summed E-state index contributed by atoms with van der Waals surface area (Å²) in [6.07, 6.45) is 0.921. The van der Waals surface area contributed by atoms with Gasteiger partial charge in [-0.3, -0.25) is 0 Å². The average Bonchev–Trinajstić information content (AvgIpc) is 2.83. The Bertz CT molecular complexity index is 1240. The molecule has 33 heavy (non-hydrogen) atoms. The zero-order valence-corrected chi connectivity index (χ0v) is 18.6. The molecule has 7 heteroatoms. The van der Waals surface area contributed by atoms with Crippen LogP contribution in [0.25, 0.3) is 0 Å². The fraction of sp³-hybridized carbons (Fsp3) is 0.154. The Morgan fingerprint density at radius 1 is 1.09 bits per heavy atom. The van der Waals surface area contributed by atoms with Crippen LogP contribution >= 0.6 is 11.6 Å². The molecule has 0 spiro atoms. The number of rotatable bonds is 6. The normalized spacial score (nSPS) is 14.6. The summed E-state index contributed by atoms with van der Waals surface area (Å²) in [6.45, 7) is 1.81. The van der Waals surface area contributed by atoms with E-state index in [-0.39, 0.29) is 24.2 Å². The van der Waals surface area contributed by atoms with Crippen LogP contribution < -0.4 is 19.9 Å². The highest BCUT2D eigenvalue weighted by Crippen LogP contribution is 2.43. The molecule has 0 aliphatic carbocycles. The number of ether oxygens (including phenoxy) is 3. The number of nitrogens with zero attached hydrogens (tertiary/aromatic N) is 1. The van der Waals surface area contributed by atoms with Crippen LogP contribution in [0.1, 0.15) is 29.5 Å². The molecule has 1 atom stereocenters. The van der Waals surface area contributed by atoms with E-state index in [4.69, 9.17) is 31.5 Å². The molecule has 0 fully saturated rings. The first-order valence-corrected chi connectivity index (χ1v) is 10.8. The maximum absolute atomic E-state index is 12.2. The van der Waals surface area contributed by atoms with Crippen molar-refractivity contribution in [3.8, 4) is 23.3 Å². The molecule has 1 aliphatic heterocycles. The number of nitrogens with two attached hydrogens (primary N) is 1. The zero-order chi connectivity index (χ0) is 23.4. The van der Waals surface area contributed by atoms with Crippen molar-refractivity contribution in [2.75, 3.05) is 6.61 Å². The van der Waals surface area contributed by atoms with E-state index in [2.05, 4.69) is 13.0 Å². The van der Waals surface area contributed by atoms with Gasteiger partial charge in [-0.15, -0.1) is 0 Å². The van der Waals surface area contributed by atoms with E-state index in [1.807, 2.05) is 24.3 Å². The van der Waals surface area contributed by atoms with E-state index >= 15 is 0 Å². The molecule has 3 aromatic carbocycles. The van der Waals surface area contributed by atoms with Gasteiger partial charge in [0.2, 0.25) is 5.88 Å². The predicted octanol–water partition coefficient (Wildman–Crippen LogP) is 5.10. The molecule has 1 heterocycles. The van der Waals surface area contributed by atoms with Gasteiger partial charge in [-0.1, -0.05) is 48.9 Å². The number of allylic oxidation sites excluding steroid dienone is 1. The third-order valence-electron chi connectivity index (χ3n) is 5.31. The fourth-order valence-electron chi connectivity index (χ4n) is 3.62. The summed E-state index contributed by atoms with van der Waals surface area (Å²) in [7, 11) is 0. The molecule has 0 radical (unpaired) electrons. The van der Waals surface area contributed by atoms with Gasteiger partial charge in [0.1, 0.15) is 28.9 Å². The molecule has 0 aromatic heterocycles. The lowest BCUT2D eigenvalue weighted by Gasteiger charge is -2.26. The Labute approximate surface area is 196 Å². The topological polar surface area (TPSA) is 94.6 Å². The van der Waals surface area contributed by atoms with Crippen molar-refractivity contribution in [3.05, 3.63) is 99.9 Å². The Hall–Kier alpha value is -3.95. The highest BCUT2D eigenvalue weighted by Gasteiger charge is 2.31. The van der Waals surface area contributed by atoms with Crippen LogP contribution in [0.4, 0.5) is 0 Å². The number of aryl methyl sites for hydroxylation is 1. The number of hydrogen-bond donors (Lipinski definition) is 1. The summed E-state index contributed by atoms with van der Waals surface area (Å²) < 4.78 is 16.5.